The van der Waals surface area contributed by atoms with Crippen LogP contribution < -0.4 is 5.32 Å². The molecule has 0 radical (unpaired) electrons. The molecule has 0 unspecified atom stereocenters. The van der Waals surface area contributed by atoms with Gasteiger partial charge in [-0.2, -0.15) is 0 Å². The lowest BCUT2D eigenvalue weighted by Crippen LogP contribution is -2.16. The summed E-state index contributed by atoms with van der Waals surface area (Å²) in [6.45, 7) is 0.633. The zero-order valence-corrected chi connectivity index (χ0v) is 12.1. The van der Waals surface area contributed by atoms with E-state index < -0.39 is 0 Å². The Morgan fingerprint density at radius 1 is 1.05 bits per heavy atom. The lowest BCUT2D eigenvalue weighted by molar-refractivity contribution is 0.579. The number of hydrogen-bond acceptors (Lipinski definition) is 2. The Hall–Kier alpha value is -1.32. The van der Waals surface area contributed by atoms with Gasteiger partial charge in [-0.15, -0.1) is 11.8 Å². The fourth-order valence-electron chi connectivity index (χ4n) is 2.11. The summed E-state index contributed by atoms with van der Waals surface area (Å²) >= 11 is 1.71. The van der Waals surface area contributed by atoms with E-state index in [4.69, 9.17) is 0 Å². The van der Waals surface area contributed by atoms with Crippen LogP contribution in [0.15, 0.2) is 53.4 Å². The van der Waals surface area contributed by atoms with Gasteiger partial charge >= 0.3 is 0 Å². The Labute approximate surface area is 123 Å². The summed E-state index contributed by atoms with van der Waals surface area (Å²) in [5, 5.41) is 3.40. The maximum Gasteiger partial charge on any atom is 0.128 e. The van der Waals surface area contributed by atoms with Crippen molar-refractivity contribution in [3.05, 3.63) is 65.5 Å². The van der Waals surface area contributed by atoms with E-state index in [0.717, 1.165) is 16.2 Å². The van der Waals surface area contributed by atoms with E-state index in [1.807, 2.05) is 24.3 Å². The molecule has 20 heavy (non-hydrogen) atoms. The molecule has 2 aromatic rings. The Bertz CT molecular complexity index is 566. The molecular weight excluding hydrogens is 269 g/mol. The Kier molecular flexibility index (Phi) is 4.38. The average Bonchev–Trinajstić information content (AvgIpc) is 3.29. The average molecular weight is 287 g/mol. The molecule has 0 bridgehead atoms. The molecule has 0 saturated heterocycles. The second-order valence-electron chi connectivity index (χ2n) is 5.15. The number of nitrogens with one attached hydrogen (secondary N) is 1. The van der Waals surface area contributed by atoms with Gasteiger partial charge in [-0.05, 0) is 30.5 Å². The fraction of sp³-hybridized carbons (Fsp3) is 0.294. The van der Waals surface area contributed by atoms with E-state index in [-0.39, 0.29) is 5.82 Å². The van der Waals surface area contributed by atoms with Gasteiger partial charge in [0.25, 0.3) is 0 Å². The molecule has 0 amide bonds. The number of hydrogen-bond donors (Lipinski definition) is 1. The van der Waals surface area contributed by atoms with Crippen molar-refractivity contribution in [3.8, 4) is 0 Å². The Balaban J connectivity index is 1.69. The minimum Gasteiger partial charge on any atom is -0.310 e. The summed E-state index contributed by atoms with van der Waals surface area (Å²) < 4.78 is 14.0. The van der Waals surface area contributed by atoms with Crippen molar-refractivity contribution in [1.82, 2.24) is 5.32 Å². The van der Waals surface area contributed by atoms with E-state index in [9.17, 15) is 4.39 Å². The van der Waals surface area contributed by atoms with E-state index in [0.29, 0.717) is 12.6 Å². The molecule has 0 atom stereocenters. The van der Waals surface area contributed by atoms with Crippen molar-refractivity contribution in [2.45, 2.75) is 36.1 Å². The van der Waals surface area contributed by atoms with Crippen LogP contribution in [0.4, 0.5) is 4.39 Å². The number of thioether (sulfide) groups is 1. The van der Waals surface area contributed by atoms with Gasteiger partial charge in [0.1, 0.15) is 5.82 Å². The standard InChI is InChI=1S/C17H18FNS/c18-16-7-4-8-17(15(16)11-19-14-9-10-14)20-12-13-5-2-1-3-6-13/h1-8,14,19H,9-12H2. The molecule has 0 aromatic heterocycles. The van der Waals surface area contributed by atoms with Gasteiger partial charge in [-0.1, -0.05) is 36.4 Å². The van der Waals surface area contributed by atoms with E-state index in [1.54, 1.807) is 23.9 Å². The molecule has 3 rings (SSSR count). The minimum absolute atomic E-state index is 0.101. The third-order valence-corrected chi connectivity index (χ3v) is 4.63. The first-order valence-electron chi connectivity index (χ1n) is 7.00. The van der Waals surface area contributed by atoms with Crippen LogP contribution in [0.2, 0.25) is 0 Å². The topological polar surface area (TPSA) is 12.0 Å². The number of rotatable bonds is 6. The lowest BCUT2D eigenvalue weighted by Gasteiger charge is -2.11. The molecule has 0 aliphatic heterocycles. The zero-order chi connectivity index (χ0) is 13.8. The summed E-state index contributed by atoms with van der Waals surface area (Å²) in [5.41, 5.74) is 2.07. The molecular formula is C17H18FNS. The molecule has 1 aliphatic carbocycles. The monoisotopic (exact) mass is 287 g/mol. The van der Waals surface area contributed by atoms with E-state index in [2.05, 4.69) is 17.4 Å². The Morgan fingerprint density at radius 3 is 2.60 bits per heavy atom. The maximum atomic E-state index is 14.0. The minimum atomic E-state index is -0.101. The summed E-state index contributed by atoms with van der Waals surface area (Å²) in [4.78, 5) is 1.04. The second kappa shape index (κ2) is 6.42. The van der Waals surface area contributed by atoms with Crippen molar-refractivity contribution in [3.63, 3.8) is 0 Å². The van der Waals surface area contributed by atoms with Crippen molar-refractivity contribution < 1.29 is 4.39 Å². The molecule has 104 valence electrons. The maximum absolute atomic E-state index is 14.0. The SMILES string of the molecule is Fc1cccc(SCc2ccccc2)c1CNC1CC1. The number of halogens is 1. The van der Waals surface area contributed by atoms with Crippen LogP contribution in [-0.4, -0.2) is 6.04 Å². The van der Waals surface area contributed by atoms with Crippen LogP contribution in [0.3, 0.4) is 0 Å². The quantitative estimate of drug-likeness (QED) is 0.792. The van der Waals surface area contributed by atoms with Gasteiger partial charge in [0, 0.05) is 28.8 Å². The van der Waals surface area contributed by atoms with Crippen molar-refractivity contribution >= 4 is 11.8 Å². The van der Waals surface area contributed by atoms with Crippen LogP contribution in [0, 0.1) is 5.82 Å². The largest absolute Gasteiger partial charge is 0.310 e. The lowest BCUT2D eigenvalue weighted by atomic mass is 10.2. The first kappa shape index (κ1) is 13.7. The highest BCUT2D eigenvalue weighted by Gasteiger charge is 2.21. The van der Waals surface area contributed by atoms with Gasteiger partial charge in [0.2, 0.25) is 0 Å². The van der Waals surface area contributed by atoms with Crippen LogP contribution in [0.1, 0.15) is 24.0 Å². The molecule has 2 aromatic carbocycles. The molecule has 0 spiro atoms. The van der Waals surface area contributed by atoms with Crippen molar-refractivity contribution in [2.75, 3.05) is 0 Å². The predicted octanol–water partition coefficient (Wildman–Crippen LogP) is 4.37. The van der Waals surface area contributed by atoms with Gasteiger partial charge in [-0.3, -0.25) is 0 Å². The number of benzene rings is 2. The highest BCUT2D eigenvalue weighted by Crippen LogP contribution is 2.29. The molecule has 1 fully saturated rings. The van der Waals surface area contributed by atoms with Crippen LogP contribution >= 0.6 is 11.8 Å². The second-order valence-corrected chi connectivity index (χ2v) is 6.16. The molecule has 3 heteroatoms. The van der Waals surface area contributed by atoms with E-state index in [1.165, 1.54) is 18.4 Å². The Morgan fingerprint density at radius 2 is 1.85 bits per heavy atom. The summed E-state index contributed by atoms with van der Waals surface area (Å²) in [7, 11) is 0. The molecule has 1 nitrogen and oxygen atoms in total. The van der Waals surface area contributed by atoms with Crippen LogP contribution in [0.25, 0.3) is 0 Å². The molecule has 1 aliphatic rings. The summed E-state index contributed by atoms with van der Waals surface area (Å²) in [5.74, 6) is 0.775. The predicted molar refractivity (Wildman–Crippen MR) is 82.3 cm³/mol. The molecule has 0 heterocycles. The third kappa shape index (κ3) is 3.62. The zero-order valence-electron chi connectivity index (χ0n) is 11.3. The summed E-state index contributed by atoms with van der Waals surface area (Å²) in [6.07, 6.45) is 2.45. The summed E-state index contributed by atoms with van der Waals surface area (Å²) in [6, 6.07) is 16.3. The highest BCUT2D eigenvalue weighted by atomic mass is 32.2. The fourth-order valence-corrected chi connectivity index (χ4v) is 3.15. The van der Waals surface area contributed by atoms with Gasteiger partial charge in [0.15, 0.2) is 0 Å². The van der Waals surface area contributed by atoms with Gasteiger partial charge in [0.05, 0.1) is 0 Å². The molecule has 1 N–H and O–H groups in total. The smallest absolute Gasteiger partial charge is 0.128 e. The third-order valence-electron chi connectivity index (χ3n) is 3.46. The van der Waals surface area contributed by atoms with Crippen molar-refractivity contribution in [1.29, 1.82) is 0 Å². The first-order valence-corrected chi connectivity index (χ1v) is 7.99. The highest BCUT2D eigenvalue weighted by molar-refractivity contribution is 7.98. The van der Waals surface area contributed by atoms with Gasteiger partial charge < -0.3 is 5.32 Å². The normalized spacial score (nSPS) is 14.4. The van der Waals surface area contributed by atoms with Crippen molar-refractivity contribution in [2.24, 2.45) is 0 Å². The first-order chi connectivity index (χ1) is 9.83. The molecule has 1 saturated carbocycles. The van der Waals surface area contributed by atoms with Crippen LogP contribution in [-0.2, 0) is 12.3 Å². The van der Waals surface area contributed by atoms with Gasteiger partial charge in [-0.25, -0.2) is 4.39 Å². The van der Waals surface area contributed by atoms with Crippen LogP contribution in [0.5, 0.6) is 0 Å². The van der Waals surface area contributed by atoms with E-state index >= 15 is 0 Å².